The minimum absolute atomic E-state index is 0.000261. The lowest BCUT2D eigenvalue weighted by atomic mass is 10.0. The van der Waals surface area contributed by atoms with Crippen LogP contribution in [-0.2, 0) is 126 Å². The molecule has 0 fully saturated rings. The van der Waals surface area contributed by atoms with Gasteiger partial charge in [-0.3, -0.25) is 115 Å². The Labute approximate surface area is 731 Å². The molecule has 1 aromatic carbocycles. The van der Waals surface area contributed by atoms with Crippen molar-refractivity contribution in [2.24, 2.45) is 69.0 Å². The number of nitrogens with one attached hydrogen (secondary N) is 13. The topological polar surface area (TPSA) is 950 Å². The predicted molar refractivity (Wildman–Crippen MR) is 440 cm³/mol. The minimum Gasteiger partial charge on any atom is -0.508 e. The van der Waals surface area contributed by atoms with E-state index < -0.39 is 374 Å². The SMILES string of the molecule is CC(C)C[C@H](NC(=O)[C@H](CC(=O)O)NC(=O)[C@H](CCC(N)=O)NC(=O)[C@H](Cc1ccc(O)cc1)NC(=O)[C@H](CCCCN)NC(=O)[C@H](CCC(N)=O)NC(=O)[C@H](CCC(N)=O)NC(=O)[C@H](CCC(N)=O)NC(=O)[C@H](CCC(N)=O)NC(=O)[C@H](CCC(N)=O)NC(=O)[C@H](CCC(N)=O)NC(=O)[C@H](CCC(N)=O)NC(=O)[C@H](CCC(N)=O)NC(=O)[C@@H](N)CCC(=O)O)C(=O)O. The molecule has 128 heavy (non-hydrogen) atoms. The molecule has 22 amide bonds. The zero-order valence-corrected chi connectivity index (χ0v) is 70.4. The molecule has 0 aromatic heterocycles. The van der Waals surface area contributed by atoms with E-state index in [0.29, 0.717) is 0 Å². The summed E-state index contributed by atoms with van der Waals surface area (Å²) in [6.07, 6.45) is -15.7. The molecule has 1 aromatic rings. The number of benzene rings is 1. The number of nitrogens with two attached hydrogens (primary N) is 11. The monoisotopic (exact) mass is 1820 g/mol. The van der Waals surface area contributed by atoms with Gasteiger partial charge in [-0.05, 0) is 120 Å². The van der Waals surface area contributed by atoms with Crippen LogP contribution in [0.15, 0.2) is 24.3 Å². The third-order valence-corrected chi connectivity index (χ3v) is 18.7. The molecule has 0 aliphatic rings. The van der Waals surface area contributed by atoms with Crippen LogP contribution in [-0.4, -0.2) is 259 Å². The molecular weight excluding hydrogens is 1700 g/mol. The third kappa shape index (κ3) is 47.0. The van der Waals surface area contributed by atoms with Crippen LogP contribution in [0.25, 0.3) is 0 Å². The fraction of sp³-hybridized carbons (Fsp3) is 0.587. The van der Waals surface area contributed by atoms with Gasteiger partial charge in [-0.1, -0.05) is 26.0 Å². The van der Waals surface area contributed by atoms with E-state index in [1.165, 1.54) is 24.3 Å². The number of phenolic OH excluding ortho intramolecular Hbond substituents is 1. The average Bonchev–Trinajstić information content (AvgIpc) is 0.850. The molecule has 0 bridgehead atoms. The van der Waals surface area contributed by atoms with Crippen molar-refractivity contribution in [1.29, 1.82) is 0 Å². The second-order valence-corrected chi connectivity index (χ2v) is 30.1. The molecule has 0 heterocycles. The van der Waals surface area contributed by atoms with Gasteiger partial charge in [0.1, 0.15) is 84.3 Å². The molecule has 0 saturated heterocycles. The van der Waals surface area contributed by atoms with E-state index in [0.717, 1.165) is 0 Å². The van der Waals surface area contributed by atoms with E-state index in [1.54, 1.807) is 13.8 Å². The summed E-state index contributed by atoms with van der Waals surface area (Å²) in [7, 11) is 0. The number of aromatic hydroxyl groups is 1. The van der Waals surface area contributed by atoms with Crippen molar-refractivity contribution in [2.75, 3.05) is 6.54 Å². The largest absolute Gasteiger partial charge is 0.508 e. The normalized spacial score (nSPS) is 14.2. The van der Waals surface area contributed by atoms with E-state index in [1.807, 2.05) is 0 Å². The zero-order chi connectivity index (χ0) is 97.4. The Kier molecular flexibility index (Phi) is 50.6. The molecule has 53 nitrogen and oxygen atoms in total. The molecule has 0 unspecified atom stereocenters. The van der Waals surface area contributed by atoms with Crippen molar-refractivity contribution in [2.45, 2.75) is 265 Å². The second kappa shape index (κ2) is 58.0. The van der Waals surface area contributed by atoms with Gasteiger partial charge in [0.25, 0.3) is 0 Å². The molecular formula is C75H118N24O29. The Morgan fingerprint density at radius 1 is 0.273 bits per heavy atom. The summed E-state index contributed by atoms with van der Waals surface area (Å²) in [4.78, 5) is 330. The second-order valence-electron chi connectivity index (χ2n) is 30.1. The highest BCUT2D eigenvalue weighted by Gasteiger charge is 2.40. The van der Waals surface area contributed by atoms with Crippen molar-refractivity contribution >= 4 is 148 Å². The van der Waals surface area contributed by atoms with Gasteiger partial charge < -0.3 is 153 Å². The number of aliphatic carboxylic acids is 3. The van der Waals surface area contributed by atoms with E-state index in [9.17, 15) is 135 Å². The number of hydrogen-bond donors (Lipinski definition) is 28. The maximum Gasteiger partial charge on any atom is 0.326 e. The number of phenols is 1. The number of rotatable bonds is 67. The highest BCUT2D eigenvalue weighted by atomic mass is 16.4. The van der Waals surface area contributed by atoms with Crippen LogP contribution in [0.4, 0.5) is 0 Å². The number of carboxylic acid groups (broad SMARTS) is 3. The summed E-state index contributed by atoms with van der Waals surface area (Å²) in [5.74, 6) is -31.8. The van der Waals surface area contributed by atoms with E-state index in [-0.39, 0.29) is 49.5 Å². The van der Waals surface area contributed by atoms with Crippen LogP contribution >= 0.6 is 0 Å². The van der Waals surface area contributed by atoms with Crippen LogP contribution in [0.5, 0.6) is 5.75 Å². The molecule has 0 saturated carbocycles. The van der Waals surface area contributed by atoms with Gasteiger partial charge in [-0.15, -0.1) is 0 Å². The Morgan fingerprint density at radius 3 is 0.719 bits per heavy atom. The molecule has 0 aliphatic carbocycles. The number of carbonyl (C=O) groups is 25. The van der Waals surface area contributed by atoms with Gasteiger partial charge in [-0.2, -0.15) is 0 Å². The summed E-state index contributed by atoms with van der Waals surface area (Å²) in [6.45, 7) is 3.25. The van der Waals surface area contributed by atoms with Crippen LogP contribution in [0.3, 0.4) is 0 Å². The maximum absolute atomic E-state index is 14.7. The summed E-state index contributed by atoms with van der Waals surface area (Å²) < 4.78 is 0. The highest BCUT2D eigenvalue weighted by molar-refractivity contribution is 6.02. The van der Waals surface area contributed by atoms with Crippen molar-refractivity contribution in [3.8, 4) is 5.75 Å². The summed E-state index contributed by atoms with van der Waals surface area (Å²) in [5, 5.41) is 68.0. The fourth-order valence-electron chi connectivity index (χ4n) is 11.9. The van der Waals surface area contributed by atoms with Crippen molar-refractivity contribution in [3.63, 3.8) is 0 Å². The smallest absolute Gasteiger partial charge is 0.326 e. The first-order chi connectivity index (χ1) is 59.8. The number of carbonyl (C=O) groups excluding carboxylic acids is 22. The van der Waals surface area contributed by atoms with Crippen molar-refractivity contribution < 1.29 is 140 Å². The molecule has 712 valence electrons. The Hall–Kier alpha value is -14.3. The summed E-state index contributed by atoms with van der Waals surface area (Å²) >= 11 is 0. The first-order valence-corrected chi connectivity index (χ1v) is 40.2. The van der Waals surface area contributed by atoms with Gasteiger partial charge in [0.05, 0.1) is 12.5 Å². The Balaban J connectivity index is 4.00. The quantitative estimate of drug-likeness (QED) is 0.0269. The predicted octanol–water partition coefficient (Wildman–Crippen LogP) is -12.4. The Bertz CT molecular complexity index is 4150. The minimum atomic E-state index is -2.05. The van der Waals surface area contributed by atoms with Crippen LogP contribution in [0.2, 0.25) is 0 Å². The lowest BCUT2D eigenvalue weighted by molar-refractivity contribution is -0.144. The van der Waals surface area contributed by atoms with Crippen molar-refractivity contribution in [1.82, 2.24) is 69.1 Å². The molecule has 39 N–H and O–H groups in total. The highest BCUT2D eigenvalue weighted by Crippen LogP contribution is 2.17. The number of carboxylic acids is 3. The molecule has 53 heteroatoms. The van der Waals surface area contributed by atoms with Gasteiger partial charge in [0.2, 0.25) is 130 Å². The van der Waals surface area contributed by atoms with Crippen LogP contribution < -0.4 is 132 Å². The fourth-order valence-corrected chi connectivity index (χ4v) is 11.9. The molecule has 14 atom stereocenters. The Morgan fingerprint density at radius 2 is 0.492 bits per heavy atom. The van der Waals surface area contributed by atoms with Gasteiger partial charge in [-0.25, -0.2) is 4.79 Å². The number of hydrogen-bond acceptors (Lipinski definition) is 28. The van der Waals surface area contributed by atoms with Crippen molar-refractivity contribution in [3.05, 3.63) is 29.8 Å². The number of unbranched alkanes of at least 4 members (excludes halogenated alkanes) is 1. The average molecular weight is 1820 g/mol. The first kappa shape index (κ1) is 112. The maximum atomic E-state index is 14.7. The summed E-state index contributed by atoms with van der Waals surface area (Å²) in [6, 6.07) is -21.3. The van der Waals surface area contributed by atoms with E-state index in [4.69, 9.17) is 68.2 Å². The van der Waals surface area contributed by atoms with Gasteiger partial charge in [0, 0.05) is 70.6 Å². The number of amides is 22. The standard InChI is InChI=1S/C75H118N24O29/c1-34(2)31-50(75(127)128)99-74(126)49(33-61(112)113)98-72(124)47(19-28-59(86)109)96-73(125)48(32-35-6-8-36(100)9-7-35)97-63(115)38(5-3-4-30-76)88-65(117)40(12-21-52(79)102)90-67(119)42(14-23-54(81)104)92-69(121)44(16-25-56(83)106)94-71(123)46(18-27-58(85)108)95-70(122)45(17-26-57(84)107)93-68(120)43(15-24-55(82)105)91-66(118)41(13-22-53(80)103)89-64(116)39(11-20-51(78)101)87-62(114)37(77)10-29-60(110)111/h6-9,34,37-50,100H,3-5,10-33,76-77H2,1-2H3,(H2,78,101)(H2,79,102)(H2,80,103)(H2,81,104)(H2,82,105)(H2,83,106)(H2,84,107)(H2,85,108)(H2,86,109)(H,87,114)(H,88,117)(H,89,116)(H,90,119)(H,91,118)(H,92,121)(H,93,120)(H,94,123)(H,95,122)(H,96,125)(H,97,115)(H,98,124)(H,99,126)(H,110,111)(H,112,113)(H,127,128)/t37-,38-,39-,40-,41-,42-,43-,44-,45-,46-,47-,48-,49-,50-/m0/s1. The first-order valence-electron chi connectivity index (χ1n) is 40.2. The molecule has 0 aliphatic heterocycles. The molecule has 1 rings (SSSR count). The van der Waals surface area contributed by atoms with E-state index in [2.05, 4.69) is 69.1 Å². The van der Waals surface area contributed by atoms with Gasteiger partial charge >= 0.3 is 17.9 Å². The third-order valence-electron chi connectivity index (χ3n) is 18.7. The molecule has 0 spiro atoms. The lowest BCUT2D eigenvalue weighted by Gasteiger charge is -2.28. The summed E-state index contributed by atoms with van der Waals surface area (Å²) in [5.41, 5.74) is 60.4. The molecule has 0 radical (unpaired) electrons. The number of primary amides is 9. The van der Waals surface area contributed by atoms with Crippen LogP contribution in [0.1, 0.15) is 180 Å². The zero-order valence-electron chi connectivity index (χ0n) is 70.4. The lowest BCUT2D eigenvalue weighted by Crippen LogP contribution is -2.61. The van der Waals surface area contributed by atoms with Crippen LogP contribution in [0, 0.1) is 5.92 Å². The van der Waals surface area contributed by atoms with E-state index >= 15 is 0 Å². The van der Waals surface area contributed by atoms with Gasteiger partial charge in [0.15, 0.2) is 0 Å².